The average Bonchev–Trinajstić information content (AvgIpc) is 3.15. The van der Waals surface area contributed by atoms with Crippen LogP contribution in [0.2, 0.25) is 36.3 Å². The fourth-order valence-electron chi connectivity index (χ4n) is 8.03. The van der Waals surface area contributed by atoms with Gasteiger partial charge in [0.2, 0.25) is 8.32 Å². The molecule has 44 heavy (non-hydrogen) atoms. The first-order chi connectivity index (χ1) is 19.7. The fourth-order valence-corrected chi connectivity index (χ4v) is 10.5. The SMILES string of the molecule is COCO[C@H]1CC[C@@]2(C)[C@H]3OC(C)(C)O[C@@H]3C3CC=C(O[Si](C)(C)C(C)(C)C)C(C[C@@H]2[C@]1(O)O[Si](C)(C)C(C)(C)C)C3(C)C. The van der Waals surface area contributed by atoms with Crippen LogP contribution in [-0.4, -0.2) is 65.5 Å². The predicted octanol–water partition coefficient (Wildman–Crippen LogP) is 8.59. The Morgan fingerprint density at radius 2 is 1.52 bits per heavy atom. The molecule has 4 rings (SSSR count). The third kappa shape index (κ3) is 6.19. The summed E-state index contributed by atoms with van der Waals surface area (Å²) in [4.78, 5) is 0. The van der Waals surface area contributed by atoms with Gasteiger partial charge in [-0.2, -0.15) is 0 Å². The van der Waals surface area contributed by atoms with Gasteiger partial charge in [0.25, 0.3) is 0 Å². The highest BCUT2D eigenvalue weighted by Gasteiger charge is 2.69. The highest BCUT2D eigenvalue weighted by Crippen LogP contribution is 2.65. The first-order valence-corrected chi connectivity index (χ1v) is 22.8. The fraction of sp³-hybridized carbons (Fsp3) is 0.943. The average molecular weight is 655 g/mol. The third-order valence-electron chi connectivity index (χ3n) is 12.9. The smallest absolute Gasteiger partial charge is 0.250 e. The van der Waals surface area contributed by atoms with E-state index in [0.29, 0.717) is 12.8 Å². The minimum atomic E-state index is -2.48. The van der Waals surface area contributed by atoms with Gasteiger partial charge in [0.1, 0.15) is 12.9 Å². The van der Waals surface area contributed by atoms with E-state index in [4.69, 9.17) is 27.8 Å². The minimum absolute atomic E-state index is 0.0681. The van der Waals surface area contributed by atoms with Crippen LogP contribution in [-0.2, 0) is 27.8 Å². The number of allylic oxidation sites excluding steroid dienone is 2. The zero-order valence-corrected chi connectivity index (χ0v) is 33.0. The molecule has 4 aliphatic rings. The van der Waals surface area contributed by atoms with Crippen LogP contribution >= 0.6 is 0 Å². The molecule has 2 bridgehead atoms. The van der Waals surface area contributed by atoms with Crippen molar-refractivity contribution >= 4 is 16.6 Å². The lowest BCUT2D eigenvalue weighted by molar-refractivity contribution is -0.324. The number of ether oxygens (including phenoxy) is 4. The molecule has 9 heteroatoms. The number of methoxy groups -OCH3 is 1. The largest absolute Gasteiger partial charge is 0.547 e. The predicted molar refractivity (Wildman–Crippen MR) is 181 cm³/mol. The number of aliphatic hydroxyl groups is 1. The summed E-state index contributed by atoms with van der Waals surface area (Å²) in [5.74, 6) is -1.14. The van der Waals surface area contributed by atoms with Crippen LogP contribution in [0.3, 0.4) is 0 Å². The van der Waals surface area contributed by atoms with E-state index in [1.54, 1.807) is 7.11 Å². The van der Waals surface area contributed by atoms with Crippen molar-refractivity contribution in [1.29, 1.82) is 0 Å². The van der Waals surface area contributed by atoms with Crippen LogP contribution < -0.4 is 0 Å². The normalized spacial score (nSPS) is 39.1. The quantitative estimate of drug-likeness (QED) is 0.218. The van der Waals surface area contributed by atoms with Crippen molar-refractivity contribution in [2.75, 3.05) is 13.9 Å². The Hall–Kier alpha value is -0.266. The van der Waals surface area contributed by atoms with E-state index in [1.165, 1.54) is 0 Å². The number of rotatable bonds is 7. The van der Waals surface area contributed by atoms with Crippen LogP contribution in [0, 0.1) is 28.6 Å². The van der Waals surface area contributed by atoms with Crippen LogP contribution in [0.1, 0.15) is 102 Å². The van der Waals surface area contributed by atoms with E-state index in [-0.39, 0.29) is 52.2 Å². The minimum Gasteiger partial charge on any atom is -0.547 e. The second-order valence-electron chi connectivity index (χ2n) is 18.7. The van der Waals surface area contributed by atoms with Gasteiger partial charge in [0, 0.05) is 24.4 Å². The molecule has 2 saturated carbocycles. The molecule has 0 amide bonds. The summed E-state index contributed by atoms with van der Waals surface area (Å²) in [6.07, 6.45) is 4.60. The van der Waals surface area contributed by atoms with Crippen molar-refractivity contribution in [2.24, 2.45) is 28.6 Å². The zero-order valence-electron chi connectivity index (χ0n) is 31.0. The molecule has 0 radical (unpaired) electrons. The van der Waals surface area contributed by atoms with Crippen molar-refractivity contribution in [3.05, 3.63) is 11.8 Å². The lowest BCUT2D eigenvalue weighted by Gasteiger charge is -2.62. The molecule has 0 aromatic heterocycles. The van der Waals surface area contributed by atoms with Crippen molar-refractivity contribution < 1.29 is 32.9 Å². The van der Waals surface area contributed by atoms with Crippen LogP contribution in [0.4, 0.5) is 0 Å². The van der Waals surface area contributed by atoms with E-state index in [0.717, 1.165) is 18.6 Å². The molecule has 0 aromatic carbocycles. The van der Waals surface area contributed by atoms with Crippen molar-refractivity contribution in [1.82, 2.24) is 0 Å². The first-order valence-electron chi connectivity index (χ1n) is 17.0. The van der Waals surface area contributed by atoms with Gasteiger partial charge in [0.15, 0.2) is 19.9 Å². The summed E-state index contributed by atoms with van der Waals surface area (Å²) in [6.45, 7) is 33.9. The highest BCUT2D eigenvalue weighted by molar-refractivity contribution is 6.74. The number of fused-ring (bicyclic) bond motifs is 6. The van der Waals surface area contributed by atoms with E-state index in [2.05, 4.69) is 94.6 Å². The molecule has 0 aromatic rings. The Balaban J connectivity index is 1.94. The number of hydrogen-bond acceptors (Lipinski definition) is 7. The monoisotopic (exact) mass is 654 g/mol. The Morgan fingerprint density at radius 3 is 2.07 bits per heavy atom. The van der Waals surface area contributed by atoms with Gasteiger partial charge in [-0.25, -0.2) is 0 Å². The Kier molecular flexibility index (Phi) is 9.49. The molecule has 3 aliphatic carbocycles. The van der Waals surface area contributed by atoms with Gasteiger partial charge in [-0.15, -0.1) is 0 Å². The van der Waals surface area contributed by atoms with E-state index < -0.39 is 39.7 Å². The standard InChI is InChI=1S/C35H66O7Si2/c1-30(2,3)43(13,14)41-25-18-17-23-28-29(40-33(9,10)39-28)34(11)20-19-27(38-22-37-12)35(36,42-44(15,16)31(4,5)6)26(34)21-24(25)32(23,7)8/h18,23-24,26-29,36H,17,19-22H2,1-16H3/t23?,24?,26-,27-,28+,29-,34+,35-/m0/s1. The van der Waals surface area contributed by atoms with E-state index in [1.807, 2.05) is 13.8 Å². The van der Waals surface area contributed by atoms with Crippen LogP contribution in [0.15, 0.2) is 11.8 Å². The maximum atomic E-state index is 13.3. The molecule has 0 spiro atoms. The van der Waals surface area contributed by atoms with Gasteiger partial charge in [-0.1, -0.05) is 62.3 Å². The van der Waals surface area contributed by atoms with Gasteiger partial charge in [-0.05, 0) is 93.2 Å². The molecule has 1 aliphatic heterocycles. The Labute approximate surface area is 271 Å². The zero-order chi connectivity index (χ0) is 33.5. The van der Waals surface area contributed by atoms with Crippen molar-refractivity contribution in [3.63, 3.8) is 0 Å². The van der Waals surface area contributed by atoms with Crippen LogP contribution in [0.5, 0.6) is 0 Å². The molecular formula is C35H66O7Si2. The summed E-state index contributed by atoms with van der Waals surface area (Å²) in [5, 5.41) is 13.2. The molecule has 256 valence electrons. The summed E-state index contributed by atoms with van der Waals surface area (Å²) >= 11 is 0. The summed E-state index contributed by atoms with van der Waals surface area (Å²) in [7, 11) is -2.98. The lowest BCUT2D eigenvalue weighted by Crippen LogP contribution is -2.69. The lowest BCUT2D eigenvalue weighted by atomic mass is 9.49. The van der Waals surface area contributed by atoms with Crippen molar-refractivity contribution in [3.8, 4) is 0 Å². The van der Waals surface area contributed by atoms with Crippen LogP contribution in [0.25, 0.3) is 0 Å². The summed E-state index contributed by atoms with van der Waals surface area (Å²) < 4.78 is 40.0. The molecular weight excluding hydrogens is 589 g/mol. The Morgan fingerprint density at radius 1 is 0.932 bits per heavy atom. The summed E-state index contributed by atoms with van der Waals surface area (Å²) in [5.41, 5.74) is -0.590. The van der Waals surface area contributed by atoms with Gasteiger partial charge >= 0.3 is 0 Å². The molecule has 1 N–H and O–H groups in total. The maximum absolute atomic E-state index is 13.3. The van der Waals surface area contributed by atoms with Gasteiger partial charge in [-0.3, -0.25) is 0 Å². The van der Waals surface area contributed by atoms with E-state index >= 15 is 0 Å². The Bertz CT molecular complexity index is 1090. The molecule has 8 atom stereocenters. The van der Waals surface area contributed by atoms with Gasteiger partial charge < -0.3 is 32.9 Å². The van der Waals surface area contributed by atoms with E-state index in [9.17, 15) is 5.11 Å². The second-order valence-corrected chi connectivity index (χ2v) is 28.2. The summed E-state index contributed by atoms with van der Waals surface area (Å²) in [6, 6.07) is 0. The first kappa shape index (κ1) is 36.6. The van der Waals surface area contributed by atoms with Crippen molar-refractivity contribution in [2.45, 2.75) is 168 Å². The third-order valence-corrected chi connectivity index (χ3v) is 21.7. The molecule has 1 saturated heterocycles. The molecule has 2 unspecified atom stereocenters. The van der Waals surface area contributed by atoms with Gasteiger partial charge in [0.05, 0.1) is 18.0 Å². The molecule has 1 heterocycles. The topological polar surface area (TPSA) is 75.6 Å². The number of hydrogen-bond donors (Lipinski definition) is 1. The molecule has 7 nitrogen and oxygen atoms in total. The molecule has 3 fully saturated rings. The highest BCUT2D eigenvalue weighted by atomic mass is 28.4. The maximum Gasteiger partial charge on any atom is 0.250 e. The second kappa shape index (κ2) is 11.4.